The van der Waals surface area contributed by atoms with Crippen LogP contribution < -0.4 is 5.32 Å². The van der Waals surface area contributed by atoms with Gasteiger partial charge in [0.25, 0.3) is 0 Å². The molecule has 1 amide bonds. The second-order valence-corrected chi connectivity index (χ2v) is 8.43. The van der Waals surface area contributed by atoms with Gasteiger partial charge in [-0.05, 0) is 30.7 Å². The molecule has 0 aliphatic heterocycles. The highest BCUT2D eigenvalue weighted by Gasteiger charge is 2.22. The Hall–Kier alpha value is -3.65. The number of nitrogens with zero attached hydrogens (tertiary/aromatic N) is 4. The minimum atomic E-state index is -0.328. The maximum Gasteiger partial charge on any atom is 0.233 e. The Bertz CT molecular complexity index is 1370. The van der Waals surface area contributed by atoms with Crippen LogP contribution in [0, 0.1) is 0 Å². The van der Waals surface area contributed by atoms with Gasteiger partial charge in [0, 0.05) is 10.9 Å². The third kappa shape index (κ3) is 3.97. The Kier molecular flexibility index (Phi) is 5.60. The molecule has 7 nitrogen and oxygen atoms in total. The van der Waals surface area contributed by atoms with E-state index < -0.39 is 0 Å². The second-order valence-electron chi connectivity index (χ2n) is 7.26. The average Bonchev–Trinajstić information content (AvgIpc) is 3.52. The Morgan fingerprint density at radius 3 is 2.66 bits per heavy atom. The number of hydrogen-bond acceptors (Lipinski definition) is 6. The fourth-order valence-corrected chi connectivity index (χ4v) is 4.46. The maximum atomic E-state index is 12.9. The Labute approximate surface area is 188 Å². The molecule has 0 fully saturated rings. The van der Waals surface area contributed by atoms with Crippen molar-refractivity contribution in [1.82, 2.24) is 24.9 Å². The molecule has 0 radical (unpaired) electrons. The molecule has 32 heavy (non-hydrogen) atoms. The number of para-hydroxylation sites is 1. The number of fused-ring (bicyclic) bond motifs is 3. The van der Waals surface area contributed by atoms with E-state index in [0.717, 1.165) is 22.1 Å². The molecule has 2 aromatic carbocycles. The number of benzene rings is 2. The predicted octanol–water partition coefficient (Wildman–Crippen LogP) is 4.72. The van der Waals surface area contributed by atoms with E-state index in [1.807, 2.05) is 67.6 Å². The van der Waals surface area contributed by atoms with Gasteiger partial charge in [-0.15, -0.1) is 5.10 Å². The van der Waals surface area contributed by atoms with E-state index in [-0.39, 0.29) is 11.2 Å². The summed E-state index contributed by atoms with van der Waals surface area (Å²) in [6.07, 6.45) is 2.24. The van der Waals surface area contributed by atoms with Crippen molar-refractivity contribution in [3.63, 3.8) is 0 Å². The van der Waals surface area contributed by atoms with E-state index in [4.69, 9.17) is 19.5 Å². The monoisotopic (exact) mass is 443 g/mol. The molecule has 1 N–H and O–H groups in total. The van der Waals surface area contributed by atoms with Gasteiger partial charge in [0.2, 0.25) is 5.91 Å². The summed E-state index contributed by atoms with van der Waals surface area (Å²) >= 11 is 1.39. The summed E-state index contributed by atoms with van der Waals surface area (Å²) in [7, 11) is 0. The van der Waals surface area contributed by atoms with E-state index >= 15 is 0 Å². The van der Waals surface area contributed by atoms with Crippen molar-refractivity contribution in [2.24, 2.45) is 0 Å². The average molecular weight is 444 g/mol. The van der Waals surface area contributed by atoms with Gasteiger partial charge in [-0.2, -0.15) is 4.52 Å². The van der Waals surface area contributed by atoms with Gasteiger partial charge < -0.3 is 9.73 Å². The molecule has 0 bridgehead atoms. The number of rotatable bonds is 7. The van der Waals surface area contributed by atoms with E-state index in [1.54, 1.807) is 16.8 Å². The zero-order valence-corrected chi connectivity index (χ0v) is 18.2. The molecule has 160 valence electrons. The van der Waals surface area contributed by atoms with Gasteiger partial charge in [0.15, 0.2) is 16.6 Å². The molecule has 0 aliphatic rings. The molecule has 0 spiro atoms. The fraction of sp³-hybridized carbons (Fsp3) is 0.167. The third-order valence-electron chi connectivity index (χ3n) is 5.11. The first kappa shape index (κ1) is 20.3. The van der Waals surface area contributed by atoms with E-state index in [2.05, 4.69) is 5.32 Å². The molecule has 1 atom stereocenters. The first-order valence-corrected chi connectivity index (χ1v) is 11.3. The van der Waals surface area contributed by atoms with Crippen molar-refractivity contribution in [3.8, 4) is 11.4 Å². The summed E-state index contributed by atoms with van der Waals surface area (Å²) in [5, 5.41) is 8.91. The van der Waals surface area contributed by atoms with Crippen LogP contribution in [0.2, 0.25) is 0 Å². The number of carbonyl (C=O) groups is 1. The highest BCUT2D eigenvalue weighted by molar-refractivity contribution is 8.00. The number of carbonyl (C=O) groups excluding carboxylic acids is 1. The topological polar surface area (TPSA) is 85.3 Å². The van der Waals surface area contributed by atoms with Gasteiger partial charge in [-0.3, -0.25) is 4.79 Å². The molecule has 5 rings (SSSR count). The van der Waals surface area contributed by atoms with Gasteiger partial charge in [0.05, 0.1) is 23.6 Å². The molecular weight excluding hydrogens is 422 g/mol. The zero-order valence-electron chi connectivity index (χ0n) is 17.4. The molecule has 0 saturated carbocycles. The molecule has 8 heteroatoms. The number of hydrogen-bond donors (Lipinski definition) is 1. The largest absolute Gasteiger partial charge is 0.467 e. The van der Waals surface area contributed by atoms with Crippen LogP contribution >= 0.6 is 11.8 Å². The Morgan fingerprint density at radius 2 is 1.88 bits per heavy atom. The summed E-state index contributed by atoms with van der Waals surface area (Å²) in [4.78, 5) is 22.5. The van der Waals surface area contributed by atoms with Crippen molar-refractivity contribution in [2.75, 3.05) is 0 Å². The Morgan fingerprint density at radius 1 is 1.06 bits per heavy atom. The van der Waals surface area contributed by atoms with Gasteiger partial charge in [0.1, 0.15) is 5.76 Å². The lowest BCUT2D eigenvalue weighted by atomic mass is 10.2. The van der Waals surface area contributed by atoms with Crippen LogP contribution in [-0.2, 0) is 11.3 Å². The van der Waals surface area contributed by atoms with Gasteiger partial charge in [-0.25, -0.2) is 9.97 Å². The van der Waals surface area contributed by atoms with E-state index in [1.165, 1.54) is 11.8 Å². The maximum absolute atomic E-state index is 12.9. The van der Waals surface area contributed by atoms with Crippen LogP contribution in [0.1, 0.15) is 19.1 Å². The standard InChI is InChI=1S/C24H21N5O2S/c1-2-20(23(30)25-15-17-11-8-14-31-17)32-24-26-19-13-7-6-12-18(19)22-27-21(28-29(22)24)16-9-4-3-5-10-16/h3-14,20H,2,15H2,1H3,(H,25,30)/t20-/m1/s1. The molecule has 5 aromatic rings. The summed E-state index contributed by atoms with van der Waals surface area (Å²) in [6.45, 7) is 2.34. The molecule has 0 unspecified atom stereocenters. The van der Waals surface area contributed by atoms with E-state index in [9.17, 15) is 4.79 Å². The number of nitrogens with one attached hydrogen (secondary N) is 1. The van der Waals surface area contributed by atoms with Crippen LogP contribution in [0.25, 0.3) is 27.9 Å². The normalized spacial score (nSPS) is 12.3. The van der Waals surface area contributed by atoms with Crippen molar-refractivity contribution in [3.05, 3.63) is 78.8 Å². The van der Waals surface area contributed by atoms with Crippen LogP contribution in [0.5, 0.6) is 0 Å². The van der Waals surface area contributed by atoms with Crippen LogP contribution in [0.3, 0.4) is 0 Å². The van der Waals surface area contributed by atoms with Crippen molar-refractivity contribution in [1.29, 1.82) is 0 Å². The lowest BCUT2D eigenvalue weighted by molar-refractivity contribution is -0.120. The molecule has 3 heterocycles. The van der Waals surface area contributed by atoms with Gasteiger partial charge in [-0.1, -0.05) is 61.2 Å². The summed E-state index contributed by atoms with van der Waals surface area (Å²) in [6, 6.07) is 21.3. The van der Waals surface area contributed by atoms with Crippen molar-refractivity contribution >= 4 is 34.2 Å². The summed E-state index contributed by atoms with van der Waals surface area (Å²) in [5.41, 5.74) is 2.47. The third-order valence-corrected chi connectivity index (χ3v) is 6.42. The minimum Gasteiger partial charge on any atom is -0.467 e. The lowest BCUT2D eigenvalue weighted by Gasteiger charge is -2.14. The second kappa shape index (κ2) is 8.84. The smallest absolute Gasteiger partial charge is 0.233 e. The zero-order chi connectivity index (χ0) is 21.9. The number of aromatic nitrogens is 4. The van der Waals surface area contributed by atoms with Gasteiger partial charge >= 0.3 is 0 Å². The quantitative estimate of drug-likeness (QED) is 0.289. The number of furan rings is 1. The van der Waals surface area contributed by atoms with Crippen LogP contribution in [-0.4, -0.2) is 30.7 Å². The summed E-state index contributed by atoms with van der Waals surface area (Å²) in [5.74, 6) is 1.27. The van der Waals surface area contributed by atoms with Crippen LogP contribution in [0.4, 0.5) is 0 Å². The first-order valence-electron chi connectivity index (χ1n) is 10.4. The number of thioether (sulfide) groups is 1. The molecule has 0 aliphatic carbocycles. The highest BCUT2D eigenvalue weighted by atomic mass is 32.2. The highest BCUT2D eigenvalue weighted by Crippen LogP contribution is 2.29. The van der Waals surface area contributed by atoms with Crippen molar-refractivity contribution < 1.29 is 9.21 Å². The van der Waals surface area contributed by atoms with E-state index in [0.29, 0.717) is 29.7 Å². The Balaban J connectivity index is 1.51. The lowest BCUT2D eigenvalue weighted by Crippen LogP contribution is -2.32. The van der Waals surface area contributed by atoms with Crippen LogP contribution in [0.15, 0.2) is 82.6 Å². The van der Waals surface area contributed by atoms with Crippen molar-refractivity contribution in [2.45, 2.75) is 30.3 Å². The number of amides is 1. The SMILES string of the molecule is CC[C@@H](Sc1nc2ccccc2c2nc(-c3ccccc3)nn12)C(=O)NCc1ccco1. The predicted molar refractivity (Wildman–Crippen MR) is 124 cm³/mol. The minimum absolute atomic E-state index is 0.0691. The summed E-state index contributed by atoms with van der Waals surface area (Å²) < 4.78 is 7.06. The fourth-order valence-electron chi connectivity index (χ4n) is 3.47. The molecular formula is C24H21N5O2S. The first-order chi connectivity index (χ1) is 15.7. The molecule has 3 aromatic heterocycles. The molecule has 0 saturated heterocycles.